The van der Waals surface area contributed by atoms with Gasteiger partial charge < -0.3 is 18.9 Å². The van der Waals surface area contributed by atoms with Crippen LogP contribution in [0.2, 0.25) is 0 Å². The zero-order valence-electron chi connectivity index (χ0n) is 43.0. The van der Waals surface area contributed by atoms with Gasteiger partial charge in [0, 0.05) is 36.8 Å². The van der Waals surface area contributed by atoms with E-state index >= 15 is 0 Å². The summed E-state index contributed by atoms with van der Waals surface area (Å²) in [6.45, 7) is 11.5. The van der Waals surface area contributed by atoms with E-state index in [1.807, 2.05) is 24.3 Å². The summed E-state index contributed by atoms with van der Waals surface area (Å²) in [4.78, 5) is 25.7. The number of aldehydes is 2. The average molecular weight is 929 g/mol. The van der Waals surface area contributed by atoms with Crippen molar-refractivity contribution in [1.82, 2.24) is 0 Å². The summed E-state index contributed by atoms with van der Waals surface area (Å²) in [5, 5.41) is 0. The molecule has 4 aromatic rings. The second-order valence-corrected chi connectivity index (χ2v) is 19.6. The smallest absolute Gasteiger partial charge is 0.150 e. The summed E-state index contributed by atoms with van der Waals surface area (Å²) in [5.41, 5.74) is 9.41. The third kappa shape index (κ3) is 18.1. The lowest BCUT2D eigenvalue weighted by atomic mass is 9.89. The first kappa shape index (κ1) is 54.4. The summed E-state index contributed by atoms with van der Waals surface area (Å²) in [6.07, 6.45) is 32.3. The van der Waals surface area contributed by atoms with Crippen LogP contribution in [0.4, 0.5) is 0 Å². The fourth-order valence-electron chi connectivity index (χ4n) is 9.85. The number of hydrogen-bond donors (Lipinski definition) is 0. The summed E-state index contributed by atoms with van der Waals surface area (Å²) in [6, 6.07) is 21.1. The Labute approximate surface area is 412 Å². The molecule has 0 saturated heterocycles. The van der Waals surface area contributed by atoms with Crippen molar-refractivity contribution in [2.24, 2.45) is 0 Å². The lowest BCUT2D eigenvalue weighted by molar-refractivity contribution is 0.111. The van der Waals surface area contributed by atoms with Crippen molar-refractivity contribution in [3.8, 4) is 23.0 Å². The molecule has 4 aromatic carbocycles. The first-order chi connectivity index (χ1) is 33.5. The quantitative estimate of drug-likeness (QED) is 0.0302. The highest BCUT2D eigenvalue weighted by atomic mass is 16.5. The number of para-hydroxylation sites is 2. The third-order valence-corrected chi connectivity index (χ3v) is 13.7. The van der Waals surface area contributed by atoms with Gasteiger partial charge in [-0.15, -0.1) is 0 Å². The Bertz CT molecular complexity index is 1920. The maximum atomic E-state index is 12.9. The van der Waals surface area contributed by atoms with Gasteiger partial charge in [-0.3, -0.25) is 9.59 Å². The molecule has 0 amide bonds. The van der Waals surface area contributed by atoms with Gasteiger partial charge in [0.15, 0.2) is 0 Å². The van der Waals surface area contributed by atoms with E-state index in [0.29, 0.717) is 63.2 Å². The first-order valence-electron chi connectivity index (χ1n) is 27.5. The monoisotopic (exact) mass is 929 g/mol. The van der Waals surface area contributed by atoms with Gasteiger partial charge in [0.1, 0.15) is 35.6 Å². The van der Waals surface area contributed by atoms with Crippen molar-refractivity contribution < 1.29 is 28.5 Å². The van der Waals surface area contributed by atoms with Crippen molar-refractivity contribution >= 4 is 12.6 Å². The zero-order valence-corrected chi connectivity index (χ0v) is 43.0. The Kier molecular flexibility index (Phi) is 25.8. The Hall–Kier alpha value is -4.58. The molecule has 0 saturated carbocycles. The number of fused-ring (bicyclic) bond motifs is 8. The van der Waals surface area contributed by atoms with Crippen LogP contribution in [0.5, 0.6) is 23.0 Å². The van der Waals surface area contributed by atoms with E-state index in [9.17, 15) is 9.59 Å². The number of rotatable bonds is 34. The van der Waals surface area contributed by atoms with Gasteiger partial charge in [0.05, 0.1) is 26.4 Å². The molecule has 6 nitrogen and oxygen atoms in total. The van der Waals surface area contributed by atoms with Crippen LogP contribution in [0.15, 0.2) is 60.7 Å². The molecule has 6 heteroatoms. The molecule has 0 radical (unpaired) electrons. The standard InChI is InChI=1S/C62H88O6/c1-5-9-13-17-21-25-35-65-59-51-31-29-33-53(59)44-55-39-49(47-63)41-57(61(55)67-37-27-23-19-15-11-7-3)46-58-42-50(48-64)40-56(62(58)68-38-28-24-20-16-12-8-4)45-54-34-30-32-52(43-51)60(54)66-36-26-22-18-14-10-6-2/h29-34,39-42,47-48H,5-28,35-38,43-46H2,1-4H3. The number of carbonyl (C=O) groups is 2. The molecule has 1 aliphatic rings. The van der Waals surface area contributed by atoms with Crippen molar-refractivity contribution in [2.45, 2.75) is 207 Å². The van der Waals surface area contributed by atoms with Crippen molar-refractivity contribution in [3.05, 3.63) is 116 Å². The summed E-state index contributed by atoms with van der Waals surface area (Å²) in [7, 11) is 0. The van der Waals surface area contributed by atoms with Crippen molar-refractivity contribution in [2.75, 3.05) is 26.4 Å². The van der Waals surface area contributed by atoms with Gasteiger partial charge in [0.25, 0.3) is 0 Å². The van der Waals surface area contributed by atoms with E-state index < -0.39 is 0 Å². The average Bonchev–Trinajstić information content (AvgIpc) is 3.34. The molecule has 8 bridgehead atoms. The van der Waals surface area contributed by atoms with Crippen LogP contribution >= 0.6 is 0 Å². The molecule has 372 valence electrons. The van der Waals surface area contributed by atoms with Gasteiger partial charge in [-0.2, -0.15) is 0 Å². The highest BCUT2D eigenvalue weighted by Crippen LogP contribution is 2.40. The van der Waals surface area contributed by atoms with Crippen LogP contribution in [0.3, 0.4) is 0 Å². The number of unbranched alkanes of at least 4 members (excludes halogenated alkanes) is 20. The van der Waals surface area contributed by atoms with Gasteiger partial charge in [-0.1, -0.05) is 193 Å². The second kappa shape index (κ2) is 32.3. The Morgan fingerprint density at radius 3 is 0.809 bits per heavy atom. The molecular weight excluding hydrogens is 841 g/mol. The largest absolute Gasteiger partial charge is 0.493 e. The number of hydrogen-bond acceptors (Lipinski definition) is 6. The molecule has 68 heavy (non-hydrogen) atoms. The van der Waals surface area contributed by atoms with E-state index in [0.717, 1.165) is 131 Å². The molecule has 0 unspecified atom stereocenters. The number of benzene rings is 4. The van der Waals surface area contributed by atoms with Gasteiger partial charge in [-0.05, 0) is 94.5 Å². The Morgan fingerprint density at radius 2 is 0.544 bits per heavy atom. The van der Waals surface area contributed by atoms with E-state index in [1.54, 1.807) is 0 Å². The Morgan fingerprint density at radius 1 is 0.324 bits per heavy atom. The van der Waals surface area contributed by atoms with Crippen molar-refractivity contribution in [3.63, 3.8) is 0 Å². The molecule has 1 aliphatic carbocycles. The maximum Gasteiger partial charge on any atom is 0.150 e. The molecule has 5 rings (SSSR count). The summed E-state index contributed by atoms with van der Waals surface area (Å²) >= 11 is 0. The van der Waals surface area contributed by atoms with Crippen LogP contribution in [-0.4, -0.2) is 39.0 Å². The van der Waals surface area contributed by atoms with Crippen LogP contribution in [0.1, 0.15) is 247 Å². The Balaban J connectivity index is 1.65. The SMILES string of the molecule is CCCCCCCCOc1c2cccc1Cc1cc(C=O)cc(c1OCCCCCCCC)Cc1cc(C=O)cc(c1OCCCCCCCC)Cc1cccc(c1OCCCCCCCC)C2. The number of carbonyl (C=O) groups excluding carboxylic acids is 2. The lowest BCUT2D eigenvalue weighted by Crippen LogP contribution is -2.11. The van der Waals surface area contributed by atoms with Crippen LogP contribution in [0.25, 0.3) is 0 Å². The van der Waals surface area contributed by atoms with E-state index in [-0.39, 0.29) is 0 Å². The molecule has 0 heterocycles. The number of ether oxygens (including phenoxy) is 4. The predicted molar refractivity (Wildman–Crippen MR) is 283 cm³/mol. The summed E-state index contributed by atoms with van der Waals surface area (Å²) in [5.74, 6) is 3.48. The third-order valence-electron chi connectivity index (χ3n) is 13.7. The summed E-state index contributed by atoms with van der Waals surface area (Å²) < 4.78 is 27.7. The van der Waals surface area contributed by atoms with Gasteiger partial charge in [-0.25, -0.2) is 0 Å². The highest BCUT2D eigenvalue weighted by Gasteiger charge is 2.23. The van der Waals surface area contributed by atoms with Crippen LogP contribution < -0.4 is 18.9 Å². The fourth-order valence-corrected chi connectivity index (χ4v) is 9.85. The molecular formula is C62H88O6. The minimum absolute atomic E-state index is 0.448. The van der Waals surface area contributed by atoms with E-state index in [4.69, 9.17) is 18.9 Å². The molecule has 0 aliphatic heterocycles. The van der Waals surface area contributed by atoms with E-state index in [1.165, 1.54) is 103 Å². The fraction of sp³-hybridized carbons (Fsp3) is 0.581. The van der Waals surface area contributed by atoms with Crippen LogP contribution in [0, 0.1) is 0 Å². The lowest BCUT2D eigenvalue weighted by Gasteiger charge is -2.23. The van der Waals surface area contributed by atoms with Gasteiger partial charge >= 0.3 is 0 Å². The highest BCUT2D eigenvalue weighted by molar-refractivity contribution is 5.78. The molecule has 0 atom stereocenters. The predicted octanol–water partition coefficient (Wildman–Crippen LogP) is 16.9. The van der Waals surface area contributed by atoms with E-state index in [2.05, 4.69) is 64.1 Å². The second-order valence-electron chi connectivity index (χ2n) is 19.6. The molecule has 0 spiro atoms. The van der Waals surface area contributed by atoms with Crippen LogP contribution in [-0.2, 0) is 25.7 Å². The zero-order chi connectivity index (χ0) is 48.0. The molecule has 0 aromatic heterocycles. The molecule has 0 fully saturated rings. The first-order valence-corrected chi connectivity index (χ1v) is 27.5. The van der Waals surface area contributed by atoms with Gasteiger partial charge in [0.2, 0.25) is 0 Å². The maximum absolute atomic E-state index is 12.9. The minimum atomic E-state index is 0.448. The minimum Gasteiger partial charge on any atom is -0.493 e. The molecule has 0 N–H and O–H groups in total. The normalized spacial score (nSPS) is 12.2. The van der Waals surface area contributed by atoms with Crippen molar-refractivity contribution in [1.29, 1.82) is 0 Å². The topological polar surface area (TPSA) is 71.1 Å².